The van der Waals surface area contributed by atoms with E-state index in [2.05, 4.69) is 25.3 Å². The average Bonchev–Trinajstić information content (AvgIpc) is 2.10. The number of nitrogens with one attached hydrogen (secondary N) is 1. The van der Waals surface area contributed by atoms with Gasteiger partial charge in [-0.05, 0) is 28.1 Å². The maximum absolute atomic E-state index is 11.3. The van der Waals surface area contributed by atoms with Crippen LogP contribution in [0.5, 0.6) is 0 Å². The maximum atomic E-state index is 11.3. The zero-order valence-electron chi connectivity index (χ0n) is 6.64. The molecule has 2 aromatic rings. The zero-order valence-corrected chi connectivity index (χ0v) is 8.98. The van der Waals surface area contributed by atoms with Gasteiger partial charge >= 0.3 is 11.4 Å². The van der Waals surface area contributed by atoms with Crippen molar-refractivity contribution in [3.8, 4) is 0 Å². The summed E-state index contributed by atoms with van der Waals surface area (Å²) in [5, 5.41) is 0.619. The Morgan fingerprint density at radius 1 is 1.36 bits per heavy atom. The number of H-pyrrole nitrogens is 1. The number of hydrogen-bond acceptors (Lipinski definition) is 3. The molecule has 1 heterocycles. The van der Waals surface area contributed by atoms with Crippen LogP contribution in [0.15, 0.2) is 30.6 Å². The van der Waals surface area contributed by atoms with E-state index < -0.39 is 11.4 Å². The van der Waals surface area contributed by atoms with Gasteiger partial charge in [0, 0.05) is 0 Å². The Kier molecular flexibility index (Phi) is 2.20. The first-order valence-electron chi connectivity index (χ1n) is 3.61. The second kappa shape index (κ2) is 3.25. The van der Waals surface area contributed by atoms with E-state index in [0.717, 1.165) is 0 Å². The predicted octanol–water partition coefficient (Wildman–Crippen LogP) is 1.90. The van der Waals surface area contributed by atoms with Gasteiger partial charge in [-0.25, -0.2) is 9.59 Å². The number of fused-ring (bicyclic) bond motifs is 1. The summed E-state index contributed by atoms with van der Waals surface area (Å²) < 4.78 is 4.79. The number of hydrogen-bond donors (Lipinski definition) is 1. The third-order valence-electron chi connectivity index (χ3n) is 1.72. The van der Waals surface area contributed by atoms with E-state index in [4.69, 9.17) is 11.6 Å². The van der Waals surface area contributed by atoms with Gasteiger partial charge in [-0.15, -0.1) is 0 Å². The van der Waals surface area contributed by atoms with Crippen LogP contribution in [0.2, 0.25) is 5.02 Å². The molecule has 1 aromatic heterocycles. The van der Waals surface area contributed by atoms with Gasteiger partial charge in [0.2, 0.25) is 0 Å². The van der Waals surface area contributed by atoms with E-state index in [0.29, 0.717) is 15.0 Å². The van der Waals surface area contributed by atoms with Crippen molar-refractivity contribution < 1.29 is 4.42 Å². The highest BCUT2D eigenvalue weighted by atomic mass is 79.9. The fourth-order valence-electron chi connectivity index (χ4n) is 1.13. The van der Waals surface area contributed by atoms with Crippen molar-refractivity contribution in [2.75, 3.05) is 0 Å². The van der Waals surface area contributed by atoms with Gasteiger partial charge in [0.05, 0.1) is 20.4 Å². The Hall–Kier alpha value is -1.07. The van der Waals surface area contributed by atoms with Crippen LogP contribution in [0.1, 0.15) is 0 Å². The SMILES string of the molecule is O=c1[nH]c2ccc(Cl)c(Br)c2c(=O)o1. The Balaban J connectivity index is 3.11. The molecule has 4 nitrogen and oxygen atoms in total. The van der Waals surface area contributed by atoms with Crippen LogP contribution in [0, 0.1) is 0 Å². The van der Waals surface area contributed by atoms with E-state index in [1.54, 1.807) is 12.1 Å². The Morgan fingerprint density at radius 3 is 2.79 bits per heavy atom. The molecule has 0 bridgehead atoms. The molecule has 14 heavy (non-hydrogen) atoms. The normalized spacial score (nSPS) is 10.7. The highest BCUT2D eigenvalue weighted by Crippen LogP contribution is 2.27. The number of aromatic nitrogens is 1. The first kappa shape index (κ1) is 9.48. The molecule has 0 unspecified atom stereocenters. The van der Waals surface area contributed by atoms with Crippen LogP contribution >= 0.6 is 27.5 Å². The highest BCUT2D eigenvalue weighted by molar-refractivity contribution is 9.10. The zero-order chi connectivity index (χ0) is 10.3. The molecule has 0 spiro atoms. The summed E-state index contributed by atoms with van der Waals surface area (Å²) in [4.78, 5) is 24.5. The highest BCUT2D eigenvalue weighted by Gasteiger charge is 2.09. The lowest BCUT2D eigenvalue weighted by Crippen LogP contribution is -2.14. The summed E-state index contributed by atoms with van der Waals surface area (Å²) in [6.07, 6.45) is 0. The van der Waals surface area contributed by atoms with Gasteiger partial charge < -0.3 is 4.42 Å². The molecule has 0 saturated carbocycles. The van der Waals surface area contributed by atoms with Crippen molar-refractivity contribution in [2.45, 2.75) is 0 Å². The largest absolute Gasteiger partial charge is 0.419 e. The summed E-state index contributed by atoms with van der Waals surface area (Å²) in [5.74, 6) is -0.781. The number of benzene rings is 1. The van der Waals surface area contributed by atoms with Gasteiger partial charge in [-0.1, -0.05) is 11.6 Å². The lowest BCUT2D eigenvalue weighted by atomic mass is 10.2. The van der Waals surface area contributed by atoms with Crippen LogP contribution in [0.4, 0.5) is 0 Å². The van der Waals surface area contributed by atoms with Gasteiger partial charge in [0.15, 0.2) is 0 Å². The van der Waals surface area contributed by atoms with Gasteiger partial charge in [-0.3, -0.25) is 4.98 Å². The van der Waals surface area contributed by atoms with Crippen LogP contribution in [-0.2, 0) is 0 Å². The summed E-state index contributed by atoms with van der Waals surface area (Å²) >= 11 is 8.92. The third-order valence-corrected chi connectivity index (χ3v) is 3.09. The minimum atomic E-state index is -0.781. The Morgan fingerprint density at radius 2 is 2.07 bits per heavy atom. The second-order valence-electron chi connectivity index (χ2n) is 2.59. The van der Waals surface area contributed by atoms with Crippen LogP contribution in [-0.4, -0.2) is 4.98 Å². The van der Waals surface area contributed by atoms with Crippen molar-refractivity contribution in [3.05, 3.63) is 42.6 Å². The molecule has 0 aliphatic rings. The van der Waals surface area contributed by atoms with Gasteiger partial charge in [0.25, 0.3) is 0 Å². The molecule has 6 heteroatoms. The van der Waals surface area contributed by atoms with Gasteiger partial charge in [0.1, 0.15) is 0 Å². The lowest BCUT2D eigenvalue weighted by Gasteiger charge is -1.99. The Bertz CT molecular complexity index is 616. The summed E-state index contributed by atoms with van der Waals surface area (Å²) in [6, 6.07) is 3.12. The molecule has 0 aliphatic carbocycles. The Labute approximate surface area is 90.6 Å². The van der Waals surface area contributed by atoms with Crippen molar-refractivity contribution in [2.24, 2.45) is 0 Å². The average molecular weight is 276 g/mol. The second-order valence-corrected chi connectivity index (χ2v) is 3.79. The van der Waals surface area contributed by atoms with E-state index in [1.165, 1.54) is 0 Å². The molecule has 1 aromatic carbocycles. The topological polar surface area (TPSA) is 63.1 Å². The molecule has 0 atom stereocenters. The molecule has 0 saturated heterocycles. The summed E-state index contributed by atoms with van der Waals surface area (Å²) in [5.41, 5.74) is -0.319. The molecule has 0 radical (unpaired) electrons. The van der Waals surface area contributed by atoms with Crippen molar-refractivity contribution in [3.63, 3.8) is 0 Å². The number of rotatable bonds is 0. The van der Waals surface area contributed by atoms with Crippen LogP contribution < -0.4 is 11.4 Å². The minimum Gasteiger partial charge on any atom is -0.372 e. The molecule has 2 rings (SSSR count). The third kappa shape index (κ3) is 1.38. The van der Waals surface area contributed by atoms with Crippen LogP contribution in [0.3, 0.4) is 0 Å². The molecule has 72 valence electrons. The summed E-state index contributed by atoms with van der Waals surface area (Å²) in [6.45, 7) is 0. The van der Waals surface area contributed by atoms with E-state index in [9.17, 15) is 9.59 Å². The van der Waals surface area contributed by atoms with Crippen molar-refractivity contribution >= 4 is 38.4 Å². The molecule has 1 N–H and O–H groups in total. The predicted molar refractivity (Wildman–Crippen MR) is 55.8 cm³/mol. The fraction of sp³-hybridized carbons (Fsp3) is 0. The van der Waals surface area contributed by atoms with E-state index in [1.807, 2.05) is 0 Å². The fourth-order valence-corrected chi connectivity index (χ4v) is 1.79. The van der Waals surface area contributed by atoms with Crippen LogP contribution in [0.25, 0.3) is 10.9 Å². The first-order chi connectivity index (χ1) is 6.59. The molecule has 0 fully saturated rings. The summed E-state index contributed by atoms with van der Waals surface area (Å²) in [7, 11) is 0. The van der Waals surface area contributed by atoms with Gasteiger partial charge in [-0.2, -0.15) is 0 Å². The molecule has 0 amide bonds. The van der Waals surface area contributed by atoms with E-state index in [-0.39, 0.29) is 5.39 Å². The molecule has 0 aliphatic heterocycles. The lowest BCUT2D eigenvalue weighted by molar-refractivity contribution is 0.460. The minimum absolute atomic E-state index is 0.233. The van der Waals surface area contributed by atoms with Crippen molar-refractivity contribution in [1.82, 2.24) is 4.98 Å². The van der Waals surface area contributed by atoms with E-state index >= 15 is 0 Å². The number of halogens is 2. The maximum Gasteiger partial charge on any atom is 0.419 e. The number of aromatic amines is 1. The quantitative estimate of drug-likeness (QED) is 0.799. The standard InChI is InChI=1S/C8H3BrClNO3/c9-6-3(10)1-2-4-5(6)7(12)14-8(13)11-4/h1-2H,(H,11,13). The molecular formula is C8H3BrClNO3. The van der Waals surface area contributed by atoms with Crippen molar-refractivity contribution in [1.29, 1.82) is 0 Å². The smallest absolute Gasteiger partial charge is 0.372 e. The monoisotopic (exact) mass is 275 g/mol. The molecular weight excluding hydrogens is 273 g/mol. The first-order valence-corrected chi connectivity index (χ1v) is 4.78.